The van der Waals surface area contributed by atoms with Gasteiger partial charge in [0.25, 0.3) is 0 Å². The van der Waals surface area contributed by atoms with Crippen molar-refractivity contribution in [2.24, 2.45) is 0 Å². The summed E-state index contributed by atoms with van der Waals surface area (Å²) < 4.78 is 25.7. The highest BCUT2D eigenvalue weighted by molar-refractivity contribution is 5.16. The van der Waals surface area contributed by atoms with Gasteiger partial charge in [-0.25, -0.2) is 0 Å². The molecule has 0 unspecified atom stereocenters. The van der Waals surface area contributed by atoms with E-state index in [2.05, 4.69) is 53.8 Å². The number of nitrogens with one attached hydrogen (secondary N) is 1. The predicted molar refractivity (Wildman–Crippen MR) is 148 cm³/mol. The number of rotatable bonds is 13. The molecular weight excluding hydrogens is 474 g/mol. The molecule has 1 saturated heterocycles. The Labute approximate surface area is 225 Å². The molecule has 4 atom stereocenters. The fourth-order valence-electron chi connectivity index (χ4n) is 4.62. The normalized spacial score (nSPS) is 20.9. The molecule has 1 aliphatic rings. The van der Waals surface area contributed by atoms with E-state index in [9.17, 15) is 0 Å². The number of benzene rings is 4. The molecule has 1 heterocycles. The van der Waals surface area contributed by atoms with Crippen LogP contribution in [-0.2, 0) is 45.3 Å². The lowest BCUT2D eigenvalue weighted by Gasteiger charge is -2.25. The third-order valence-corrected chi connectivity index (χ3v) is 6.62. The molecule has 0 amide bonds. The van der Waals surface area contributed by atoms with Crippen LogP contribution in [0.4, 0.5) is 0 Å². The van der Waals surface area contributed by atoms with Crippen molar-refractivity contribution < 1.29 is 18.9 Å². The van der Waals surface area contributed by atoms with Crippen LogP contribution in [0.15, 0.2) is 121 Å². The van der Waals surface area contributed by atoms with E-state index in [1.165, 1.54) is 5.56 Å². The molecule has 38 heavy (non-hydrogen) atoms. The van der Waals surface area contributed by atoms with Crippen LogP contribution in [0, 0.1) is 0 Å². The standard InChI is InChI=1S/C33H35NO4/c1-5-13-26(14-6-1)21-34-33-32(37-24-29-19-11-4-12-20-29)31(36-23-28-17-9-3-10-18-28)30(38-33)25-35-22-27-15-7-2-8-16-27/h1-20,30-34H,21-25H2/t30-,31+,32-,33+/m1/s1. The summed E-state index contributed by atoms with van der Waals surface area (Å²) in [5.41, 5.74) is 4.53. The highest BCUT2D eigenvalue weighted by Gasteiger charge is 2.46. The van der Waals surface area contributed by atoms with Crippen LogP contribution in [0.25, 0.3) is 0 Å². The first-order valence-corrected chi connectivity index (χ1v) is 13.2. The second-order valence-corrected chi connectivity index (χ2v) is 9.48. The Morgan fingerprint density at radius 1 is 0.526 bits per heavy atom. The molecule has 5 nitrogen and oxygen atoms in total. The molecule has 0 saturated carbocycles. The van der Waals surface area contributed by atoms with E-state index in [-0.39, 0.29) is 24.5 Å². The first-order chi connectivity index (χ1) is 18.8. The van der Waals surface area contributed by atoms with Crippen molar-refractivity contribution in [1.29, 1.82) is 0 Å². The van der Waals surface area contributed by atoms with Gasteiger partial charge in [-0.3, -0.25) is 5.32 Å². The Hall–Kier alpha value is -3.32. The van der Waals surface area contributed by atoms with Gasteiger partial charge in [0, 0.05) is 6.54 Å². The molecule has 5 heteroatoms. The van der Waals surface area contributed by atoms with Gasteiger partial charge in [-0.1, -0.05) is 121 Å². The second-order valence-electron chi connectivity index (χ2n) is 9.48. The molecule has 0 aromatic heterocycles. The van der Waals surface area contributed by atoms with Gasteiger partial charge in [-0.2, -0.15) is 0 Å². The van der Waals surface area contributed by atoms with Crippen molar-refractivity contribution in [3.8, 4) is 0 Å². The Bertz CT molecular complexity index is 1190. The van der Waals surface area contributed by atoms with Crippen LogP contribution in [0.3, 0.4) is 0 Å². The van der Waals surface area contributed by atoms with Crippen LogP contribution < -0.4 is 5.32 Å². The molecule has 4 aromatic rings. The lowest BCUT2D eigenvalue weighted by Crippen LogP contribution is -2.43. The van der Waals surface area contributed by atoms with Crippen molar-refractivity contribution in [3.05, 3.63) is 144 Å². The summed E-state index contributed by atoms with van der Waals surface area (Å²) in [5, 5.41) is 3.57. The van der Waals surface area contributed by atoms with E-state index in [4.69, 9.17) is 18.9 Å². The van der Waals surface area contributed by atoms with Crippen LogP contribution in [-0.4, -0.2) is 31.1 Å². The number of hydrogen-bond acceptors (Lipinski definition) is 5. The SMILES string of the molecule is c1ccc(CN[C@H]2O[C@H](COCc3ccccc3)[C@H](OCc3ccccc3)[C@H]2OCc2ccccc2)cc1. The molecule has 4 aromatic carbocycles. The third kappa shape index (κ3) is 7.60. The highest BCUT2D eigenvalue weighted by Crippen LogP contribution is 2.28. The lowest BCUT2D eigenvalue weighted by molar-refractivity contribution is -0.0900. The van der Waals surface area contributed by atoms with Gasteiger partial charge in [0.1, 0.15) is 24.5 Å². The van der Waals surface area contributed by atoms with Gasteiger partial charge in [-0.15, -0.1) is 0 Å². The molecule has 196 valence electrons. The first kappa shape index (κ1) is 26.3. The summed E-state index contributed by atoms with van der Waals surface area (Å²) in [6, 6.07) is 40.9. The molecule has 5 rings (SSSR count). The van der Waals surface area contributed by atoms with E-state index in [1.54, 1.807) is 0 Å². The van der Waals surface area contributed by atoms with E-state index in [0.29, 0.717) is 33.0 Å². The molecule has 0 radical (unpaired) electrons. The quantitative estimate of drug-likeness (QED) is 0.244. The third-order valence-electron chi connectivity index (χ3n) is 6.62. The maximum absolute atomic E-state index is 6.54. The average Bonchev–Trinajstić information content (AvgIpc) is 3.32. The Morgan fingerprint density at radius 3 is 1.50 bits per heavy atom. The zero-order valence-corrected chi connectivity index (χ0v) is 21.5. The minimum atomic E-state index is -0.343. The molecule has 0 bridgehead atoms. The summed E-state index contributed by atoms with van der Waals surface area (Å²) >= 11 is 0. The minimum absolute atomic E-state index is 0.281. The summed E-state index contributed by atoms with van der Waals surface area (Å²) in [7, 11) is 0. The average molecular weight is 510 g/mol. The predicted octanol–water partition coefficient (Wildman–Crippen LogP) is 5.89. The molecule has 0 aliphatic carbocycles. The van der Waals surface area contributed by atoms with E-state index in [0.717, 1.165) is 16.7 Å². The summed E-state index contributed by atoms with van der Waals surface area (Å²) in [5.74, 6) is 0. The Morgan fingerprint density at radius 2 is 0.974 bits per heavy atom. The van der Waals surface area contributed by atoms with Gasteiger partial charge >= 0.3 is 0 Å². The minimum Gasteiger partial charge on any atom is -0.374 e. The summed E-state index contributed by atoms with van der Waals surface area (Å²) in [6.07, 6.45) is -1.24. The van der Waals surface area contributed by atoms with Crippen molar-refractivity contribution in [2.75, 3.05) is 6.61 Å². The molecular formula is C33H35NO4. The Balaban J connectivity index is 1.31. The molecule has 1 N–H and O–H groups in total. The van der Waals surface area contributed by atoms with Crippen LogP contribution in [0.5, 0.6) is 0 Å². The monoisotopic (exact) mass is 509 g/mol. The Kier molecular flexibility index (Phi) is 9.69. The second kappa shape index (κ2) is 14.0. The van der Waals surface area contributed by atoms with Crippen LogP contribution in [0.1, 0.15) is 22.3 Å². The zero-order valence-electron chi connectivity index (χ0n) is 21.5. The van der Waals surface area contributed by atoms with Crippen molar-refractivity contribution >= 4 is 0 Å². The fraction of sp³-hybridized carbons (Fsp3) is 0.273. The number of ether oxygens (including phenoxy) is 4. The highest BCUT2D eigenvalue weighted by atomic mass is 16.6. The fourth-order valence-corrected chi connectivity index (χ4v) is 4.62. The summed E-state index contributed by atoms with van der Waals surface area (Å²) in [6.45, 7) is 2.54. The molecule has 1 aliphatic heterocycles. The summed E-state index contributed by atoms with van der Waals surface area (Å²) in [4.78, 5) is 0. The van der Waals surface area contributed by atoms with Crippen LogP contribution in [0.2, 0.25) is 0 Å². The van der Waals surface area contributed by atoms with Crippen molar-refractivity contribution in [1.82, 2.24) is 5.32 Å². The smallest absolute Gasteiger partial charge is 0.138 e. The first-order valence-electron chi connectivity index (χ1n) is 13.2. The van der Waals surface area contributed by atoms with Crippen LogP contribution >= 0.6 is 0 Å². The molecule has 1 fully saturated rings. The van der Waals surface area contributed by atoms with Gasteiger partial charge in [0.05, 0.1) is 26.4 Å². The van der Waals surface area contributed by atoms with Gasteiger partial charge in [0.2, 0.25) is 0 Å². The lowest BCUT2D eigenvalue weighted by atomic mass is 10.1. The maximum atomic E-state index is 6.54. The molecule has 0 spiro atoms. The maximum Gasteiger partial charge on any atom is 0.138 e. The van der Waals surface area contributed by atoms with Crippen molar-refractivity contribution in [2.45, 2.75) is 50.9 Å². The van der Waals surface area contributed by atoms with Gasteiger partial charge in [-0.05, 0) is 22.3 Å². The van der Waals surface area contributed by atoms with E-state index in [1.807, 2.05) is 72.8 Å². The topological polar surface area (TPSA) is 49.0 Å². The van der Waals surface area contributed by atoms with Crippen molar-refractivity contribution in [3.63, 3.8) is 0 Å². The zero-order chi connectivity index (χ0) is 25.8. The van der Waals surface area contributed by atoms with E-state index < -0.39 is 0 Å². The van der Waals surface area contributed by atoms with Gasteiger partial charge in [0.15, 0.2) is 0 Å². The van der Waals surface area contributed by atoms with Gasteiger partial charge < -0.3 is 18.9 Å². The van der Waals surface area contributed by atoms with E-state index >= 15 is 0 Å². The largest absolute Gasteiger partial charge is 0.374 e. The number of hydrogen-bond donors (Lipinski definition) is 1.